The Labute approximate surface area is 98.6 Å². The van der Waals surface area contributed by atoms with Crippen molar-refractivity contribution in [1.29, 1.82) is 0 Å². The number of hydrogen-bond donors (Lipinski definition) is 2. The van der Waals surface area contributed by atoms with Crippen LogP contribution >= 0.6 is 0 Å². The molecule has 1 rings (SSSR count). The molecule has 5 nitrogen and oxygen atoms in total. The molecule has 0 aliphatic carbocycles. The highest BCUT2D eigenvalue weighted by Gasteiger charge is 2.25. The summed E-state index contributed by atoms with van der Waals surface area (Å²) in [5, 5.41) is 2.85. The van der Waals surface area contributed by atoms with Crippen LogP contribution in [0.15, 0.2) is 0 Å². The Morgan fingerprint density at radius 1 is 1.44 bits per heavy atom. The molecule has 0 spiro atoms. The molecule has 6 heteroatoms. The molecule has 1 heterocycles. The van der Waals surface area contributed by atoms with E-state index in [1.54, 1.807) is 7.05 Å². The first-order chi connectivity index (χ1) is 7.44. The van der Waals surface area contributed by atoms with Gasteiger partial charge in [0.2, 0.25) is 10.0 Å². The van der Waals surface area contributed by atoms with Gasteiger partial charge in [0.05, 0.1) is 5.75 Å². The molecule has 0 radical (unpaired) electrons. The van der Waals surface area contributed by atoms with Crippen LogP contribution < -0.4 is 10.0 Å². The Morgan fingerprint density at radius 2 is 2.12 bits per heavy atom. The van der Waals surface area contributed by atoms with Gasteiger partial charge in [0.25, 0.3) is 0 Å². The van der Waals surface area contributed by atoms with Crippen molar-refractivity contribution in [3.8, 4) is 0 Å². The second-order valence-electron chi connectivity index (χ2n) is 4.59. The van der Waals surface area contributed by atoms with Crippen molar-refractivity contribution < 1.29 is 8.42 Å². The zero-order valence-corrected chi connectivity index (χ0v) is 11.2. The average Bonchev–Trinajstić information content (AvgIpc) is 2.20. The van der Waals surface area contributed by atoms with Gasteiger partial charge in [-0.2, -0.15) is 0 Å². The van der Waals surface area contributed by atoms with Crippen molar-refractivity contribution in [2.45, 2.75) is 31.8 Å². The van der Waals surface area contributed by atoms with Gasteiger partial charge in [-0.1, -0.05) is 0 Å². The second-order valence-corrected chi connectivity index (χ2v) is 6.46. The zero-order chi connectivity index (χ0) is 12.2. The predicted molar refractivity (Wildman–Crippen MR) is 66.0 cm³/mol. The first kappa shape index (κ1) is 13.9. The van der Waals surface area contributed by atoms with E-state index >= 15 is 0 Å². The van der Waals surface area contributed by atoms with Crippen LogP contribution in [0.4, 0.5) is 0 Å². The van der Waals surface area contributed by atoms with Crippen LogP contribution in [0, 0.1) is 0 Å². The fourth-order valence-electron chi connectivity index (χ4n) is 1.95. The van der Waals surface area contributed by atoms with Gasteiger partial charge in [-0.15, -0.1) is 0 Å². The summed E-state index contributed by atoms with van der Waals surface area (Å²) >= 11 is 0. The molecule has 1 saturated heterocycles. The lowest BCUT2D eigenvalue weighted by molar-refractivity contribution is 0.178. The first-order valence-electron chi connectivity index (χ1n) is 5.79. The van der Waals surface area contributed by atoms with Gasteiger partial charge in [0.1, 0.15) is 0 Å². The molecule has 0 amide bonds. The van der Waals surface area contributed by atoms with Gasteiger partial charge in [0, 0.05) is 18.6 Å². The van der Waals surface area contributed by atoms with E-state index in [2.05, 4.69) is 28.9 Å². The fraction of sp³-hybridized carbons (Fsp3) is 1.00. The van der Waals surface area contributed by atoms with Crippen molar-refractivity contribution in [2.24, 2.45) is 0 Å². The molecular weight excluding hydrogens is 226 g/mol. The van der Waals surface area contributed by atoms with Gasteiger partial charge in [-0.3, -0.25) is 0 Å². The van der Waals surface area contributed by atoms with E-state index in [4.69, 9.17) is 0 Å². The highest BCUT2D eigenvalue weighted by atomic mass is 32.2. The maximum atomic E-state index is 11.7. The molecule has 0 saturated carbocycles. The van der Waals surface area contributed by atoms with Crippen LogP contribution in [0.5, 0.6) is 0 Å². The molecule has 0 aromatic rings. The number of likely N-dealkylation sites (tertiary alicyclic amines) is 1. The van der Waals surface area contributed by atoms with Gasteiger partial charge in [-0.05, 0) is 40.4 Å². The fourth-order valence-corrected chi connectivity index (χ4v) is 3.26. The van der Waals surface area contributed by atoms with Gasteiger partial charge in [0.15, 0.2) is 0 Å². The summed E-state index contributed by atoms with van der Waals surface area (Å²) in [7, 11) is 0.722. The number of nitrogens with zero attached hydrogens (tertiary/aromatic N) is 1. The van der Waals surface area contributed by atoms with Crippen LogP contribution in [0.1, 0.15) is 19.8 Å². The maximum absolute atomic E-state index is 11.7. The first-order valence-corrected chi connectivity index (χ1v) is 7.44. The monoisotopic (exact) mass is 249 g/mol. The lowest BCUT2D eigenvalue weighted by atomic mass is 10.0. The molecule has 0 bridgehead atoms. The molecule has 0 aromatic carbocycles. The van der Waals surface area contributed by atoms with Crippen molar-refractivity contribution in [3.05, 3.63) is 0 Å². The van der Waals surface area contributed by atoms with Crippen molar-refractivity contribution in [3.63, 3.8) is 0 Å². The van der Waals surface area contributed by atoms with Crippen LogP contribution in [0.3, 0.4) is 0 Å². The van der Waals surface area contributed by atoms with E-state index in [9.17, 15) is 8.42 Å². The summed E-state index contributed by atoms with van der Waals surface area (Å²) in [5.41, 5.74) is 0. The molecule has 2 N–H and O–H groups in total. The van der Waals surface area contributed by atoms with E-state index in [1.807, 2.05) is 0 Å². The zero-order valence-electron chi connectivity index (χ0n) is 10.4. The van der Waals surface area contributed by atoms with Gasteiger partial charge in [-0.25, -0.2) is 13.1 Å². The van der Waals surface area contributed by atoms with Crippen molar-refractivity contribution in [1.82, 2.24) is 14.9 Å². The molecule has 2 unspecified atom stereocenters. The smallest absolute Gasteiger partial charge is 0.213 e. The highest BCUT2D eigenvalue weighted by Crippen LogP contribution is 2.15. The summed E-state index contributed by atoms with van der Waals surface area (Å²) in [5.74, 6) is 0.157. The summed E-state index contributed by atoms with van der Waals surface area (Å²) < 4.78 is 26.1. The standard InChI is InChI=1S/C10H23N3O2S/c1-9-8-10(4-6-13(9)3)12-16(14,15)7-5-11-2/h9-12H,4-8H2,1-3H3. The summed E-state index contributed by atoms with van der Waals surface area (Å²) in [6.45, 7) is 3.59. The number of nitrogens with one attached hydrogen (secondary N) is 2. The van der Waals surface area contributed by atoms with Crippen LogP contribution in [-0.4, -0.2) is 58.3 Å². The van der Waals surface area contributed by atoms with E-state index in [0.717, 1.165) is 19.4 Å². The molecule has 96 valence electrons. The minimum atomic E-state index is -3.12. The van der Waals surface area contributed by atoms with E-state index in [1.165, 1.54) is 0 Å². The molecule has 1 fully saturated rings. The van der Waals surface area contributed by atoms with Crippen molar-refractivity contribution >= 4 is 10.0 Å². The lowest BCUT2D eigenvalue weighted by Crippen LogP contribution is -2.48. The number of sulfonamides is 1. The quantitative estimate of drug-likeness (QED) is 0.696. The minimum absolute atomic E-state index is 0.105. The Hall–Kier alpha value is -0.170. The van der Waals surface area contributed by atoms with Crippen LogP contribution in [-0.2, 0) is 10.0 Å². The predicted octanol–water partition coefficient (Wildman–Crippen LogP) is -0.392. The molecule has 0 aromatic heterocycles. The highest BCUT2D eigenvalue weighted by molar-refractivity contribution is 7.89. The van der Waals surface area contributed by atoms with Gasteiger partial charge < -0.3 is 10.2 Å². The lowest BCUT2D eigenvalue weighted by Gasteiger charge is -2.35. The molecule has 16 heavy (non-hydrogen) atoms. The van der Waals surface area contributed by atoms with E-state index < -0.39 is 10.0 Å². The Kier molecular flexibility index (Phi) is 5.17. The third-order valence-corrected chi connectivity index (χ3v) is 4.61. The molecule has 1 aliphatic heterocycles. The van der Waals surface area contributed by atoms with Gasteiger partial charge >= 0.3 is 0 Å². The number of piperidine rings is 1. The van der Waals surface area contributed by atoms with E-state index in [-0.39, 0.29) is 11.8 Å². The summed E-state index contributed by atoms with van der Waals surface area (Å²) in [6.07, 6.45) is 1.80. The Balaban J connectivity index is 2.42. The normalized spacial score (nSPS) is 28.2. The van der Waals surface area contributed by atoms with Crippen LogP contribution in [0.25, 0.3) is 0 Å². The minimum Gasteiger partial charge on any atom is -0.319 e. The third kappa shape index (κ3) is 4.37. The van der Waals surface area contributed by atoms with Crippen LogP contribution in [0.2, 0.25) is 0 Å². The Morgan fingerprint density at radius 3 is 2.69 bits per heavy atom. The maximum Gasteiger partial charge on any atom is 0.213 e. The van der Waals surface area contributed by atoms with E-state index in [0.29, 0.717) is 12.6 Å². The molecular formula is C10H23N3O2S. The second kappa shape index (κ2) is 5.95. The third-order valence-electron chi connectivity index (χ3n) is 3.18. The molecule has 1 aliphatic rings. The Bertz CT molecular complexity index is 305. The SMILES string of the molecule is CNCCS(=O)(=O)NC1CCN(C)C(C)C1. The van der Waals surface area contributed by atoms with Crippen molar-refractivity contribution in [2.75, 3.05) is 32.9 Å². The number of rotatable bonds is 5. The number of hydrogen-bond acceptors (Lipinski definition) is 4. The topological polar surface area (TPSA) is 61.4 Å². The largest absolute Gasteiger partial charge is 0.319 e. The summed E-state index contributed by atoms with van der Waals surface area (Å²) in [6, 6.07) is 0.554. The average molecular weight is 249 g/mol. The summed E-state index contributed by atoms with van der Waals surface area (Å²) in [4.78, 5) is 2.26. The molecule has 2 atom stereocenters.